The van der Waals surface area contributed by atoms with Gasteiger partial charge in [-0.3, -0.25) is 9.59 Å². The molecule has 0 saturated heterocycles. The van der Waals surface area contributed by atoms with Gasteiger partial charge in [-0.05, 0) is 6.92 Å². The average Bonchev–Trinajstić information content (AvgIpc) is 1.65. The number of carbonyl (C=O) groups is 2. The summed E-state index contributed by atoms with van der Waals surface area (Å²) in [6, 6.07) is 0. The third kappa shape index (κ3) is 3.33. The second-order valence-electron chi connectivity index (χ2n) is 1.45. The summed E-state index contributed by atoms with van der Waals surface area (Å²) in [6.45, 7) is 2.77. The van der Waals surface area contributed by atoms with E-state index < -0.39 is 12.1 Å². The van der Waals surface area contributed by atoms with Gasteiger partial charge in [-0.25, -0.2) is 0 Å². The number of hydrogen-bond acceptors (Lipinski definition) is 3. The molecule has 0 aromatic carbocycles. The SMILES string of the molecule is CC(=O)O[C@@H](C)C=O. The summed E-state index contributed by atoms with van der Waals surface area (Å²) in [5.74, 6) is -0.426. The Morgan fingerprint density at radius 3 is 2.38 bits per heavy atom. The minimum absolute atomic E-state index is 0.426. The molecule has 0 saturated carbocycles. The Balaban J connectivity index is 3.38. The van der Waals surface area contributed by atoms with Gasteiger partial charge in [-0.2, -0.15) is 0 Å². The van der Waals surface area contributed by atoms with Crippen LogP contribution in [0.2, 0.25) is 0 Å². The molecule has 8 heavy (non-hydrogen) atoms. The molecule has 3 nitrogen and oxygen atoms in total. The van der Waals surface area contributed by atoms with Crippen molar-refractivity contribution in [3.63, 3.8) is 0 Å². The van der Waals surface area contributed by atoms with Crippen molar-refractivity contribution in [2.24, 2.45) is 0 Å². The molecule has 1 atom stereocenters. The molecule has 0 unspecified atom stereocenters. The molecular weight excluding hydrogens is 108 g/mol. The number of carbonyl (C=O) groups excluding carboxylic acids is 2. The van der Waals surface area contributed by atoms with Gasteiger partial charge >= 0.3 is 5.97 Å². The highest BCUT2D eigenvalue weighted by molar-refractivity contribution is 5.69. The van der Waals surface area contributed by atoms with Gasteiger partial charge < -0.3 is 4.74 Å². The highest BCUT2D eigenvalue weighted by atomic mass is 16.5. The zero-order chi connectivity index (χ0) is 6.57. The van der Waals surface area contributed by atoms with Crippen LogP contribution in [0.1, 0.15) is 13.8 Å². The van der Waals surface area contributed by atoms with Crippen LogP contribution in [0.25, 0.3) is 0 Å². The molecule has 0 heterocycles. The van der Waals surface area contributed by atoms with Gasteiger partial charge in [-0.1, -0.05) is 0 Å². The Kier molecular flexibility index (Phi) is 2.84. The maximum absolute atomic E-state index is 10.0. The van der Waals surface area contributed by atoms with Gasteiger partial charge in [0.2, 0.25) is 0 Å². The Hall–Kier alpha value is -0.860. The molecule has 0 spiro atoms. The minimum Gasteiger partial charge on any atom is -0.455 e. The van der Waals surface area contributed by atoms with Crippen molar-refractivity contribution in [2.75, 3.05) is 0 Å². The Morgan fingerprint density at radius 2 is 2.25 bits per heavy atom. The maximum atomic E-state index is 10.0. The standard InChI is InChI=1S/C5H8O3/c1-4(3-6)8-5(2)7/h3-4H,1-2H3/t4-/m0/s1. The van der Waals surface area contributed by atoms with Crippen LogP contribution in [0, 0.1) is 0 Å². The van der Waals surface area contributed by atoms with Crippen molar-refractivity contribution in [2.45, 2.75) is 20.0 Å². The van der Waals surface area contributed by atoms with E-state index in [1.54, 1.807) is 0 Å². The number of aldehydes is 1. The largest absolute Gasteiger partial charge is 0.455 e. The molecule has 0 aliphatic carbocycles. The van der Waals surface area contributed by atoms with Gasteiger partial charge in [-0.15, -0.1) is 0 Å². The zero-order valence-corrected chi connectivity index (χ0v) is 4.88. The molecule has 0 amide bonds. The van der Waals surface area contributed by atoms with Crippen LogP contribution in [0.15, 0.2) is 0 Å². The minimum atomic E-state index is -0.604. The molecule has 46 valence electrons. The molecule has 3 heteroatoms. The fourth-order valence-corrected chi connectivity index (χ4v) is 0.290. The van der Waals surface area contributed by atoms with Gasteiger partial charge in [0.05, 0.1) is 0 Å². The monoisotopic (exact) mass is 116 g/mol. The molecule has 0 aliphatic rings. The van der Waals surface area contributed by atoms with E-state index in [0.29, 0.717) is 6.29 Å². The molecule has 0 aromatic rings. The van der Waals surface area contributed by atoms with E-state index in [2.05, 4.69) is 4.74 Å². The van der Waals surface area contributed by atoms with Crippen molar-refractivity contribution in [3.05, 3.63) is 0 Å². The molecule has 0 fully saturated rings. The normalized spacial score (nSPS) is 12.2. The molecule has 0 aromatic heterocycles. The van der Waals surface area contributed by atoms with Gasteiger partial charge in [0.15, 0.2) is 12.4 Å². The van der Waals surface area contributed by atoms with Crippen molar-refractivity contribution in [1.82, 2.24) is 0 Å². The second-order valence-corrected chi connectivity index (χ2v) is 1.45. The molecule has 0 aliphatic heterocycles. The van der Waals surface area contributed by atoms with E-state index in [4.69, 9.17) is 0 Å². The van der Waals surface area contributed by atoms with E-state index in [0.717, 1.165) is 0 Å². The van der Waals surface area contributed by atoms with Gasteiger partial charge in [0.25, 0.3) is 0 Å². The van der Waals surface area contributed by atoms with Crippen molar-refractivity contribution >= 4 is 12.3 Å². The molecule has 0 N–H and O–H groups in total. The third-order valence-electron chi connectivity index (χ3n) is 0.543. The smallest absolute Gasteiger partial charge is 0.303 e. The Labute approximate surface area is 47.6 Å². The Bertz CT molecular complexity index is 97.8. The van der Waals surface area contributed by atoms with Crippen molar-refractivity contribution < 1.29 is 14.3 Å². The fourth-order valence-electron chi connectivity index (χ4n) is 0.290. The van der Waals surface area contributed by atoms with Crippen LogP contribution in [0.4, 0.5) is 0 Å². The summed E-state index contributed by atoms with van der Waals surface area (Å²) in [4.78, 5) is 19.8. The quantitative estimate of drug-likeness (QED) is 0.380. The van der Waals surface area contributed by atoms with Gasteiger partial charge in [0.1, 0.15) is 0 Å². The highest BCUT2D eigenvalue weighted by Crippen LogP contribution is 1.83. The van der Waals surface area contributed by atoms with Crippen LogP contribution in [-0.2, 0) is 14.3 Å². The number of ether oxygens (including phenoxy) is 1. The lowest BCUT2D eigenvalue weighted by atomic mass is 10.5. The van der Waals surface area contributed by atoms with Gasteiger partial charge in [0, 0.05) is 6.92 Å². The van der Waals surface area contributed by atoms with Crippen LogP contribution in [-0.4, -0.2) is 18.4 Å². The van der Waals surface area contributed by atoms with E-state index >= 15 is 0 Å². The lowest BCUT2D eigenvalue weighted by Gasteiger charge is -2.00. The van der Waals surface area contributed by atoms with E-state index in [1.807, 2.05) is 0 Å². The zero-order valence-electron chi connectivity index (χ0n) is 4.88. The van der Waals surface area contributed by atoms with E-state index in [9.17, 15) is 9.59 Å². The molecular formula is C5H8O3. The first-order valence-electron chi connectivity index (χ1n) is 2.29. The van der Waals surface area contributed by atoms with E-state index in [-0.39, 0.29) is 0 Å². The second kappa shape index (κ2) is 3.18. The predicted octanol–water partition coefficient (Wildman–Crippen LogP) is 0.137. The average molecular weight is 116 g/mol. The lowest BCUT2D eigenvalue weighted by molar-refractivity contribution is -0.148. The third-order valence-corrected chi connectivity index (χ3v) is 0.543. The molecule has 0 rings (SSSR count). The summed E-state index contributed by atoms with van der Waals surface area (Å²) >= 11 is 0. The first-order valence-corrected chi connectivity index (χ1v) is 2.29. The fraction of sp³-hybridized carbons (Fsp3) is 0.600. The summed E-state index contributed by atoms with van der Waals surface area (Å²) in [5.41, 5.74) is 0. The first kappa shape index (κ1) is 7.14. The number of hydrogen-bond donors (Lipinski definition) is 0. The topological polar surface area (TPSA) is 43.4 Å². The maximum Gasteiger partial charge on any atom is 0.303 e. The summed E-state index contributed by atoms with van der Waals surface area (Å²) in [6.07, 6.45) is -0.0333. The summed E-state index contributed by atoms with van der Waals surface area (Å²) < 4.78 is 4.39. The highest BCUT2D eigenvalue weighted by Gasteiger charge is 1.99. The van der Waals surface area contributed by atoms with Crippen LogP contribution in [0.5, 0.6) is 0 Å². The summed E-state index contributed by atoms with van der Waals surface area (Å²) in [7, 11) is 0. The predicted molar refractivity (Wildman–Crippen MR) is 27.3 cm³/mol. The van der Waals surface area contributed by atoms with Crippen molar-refractivity contribution in [1.29, 1.82) is 0 Å². The molecule has 0 bridgehead atoms. The Morgan fingerprint density at radius 1 is 1.75 bits per heavy atom. The number of rotatable bonds is 2. The van der Waals surface area contributed by atoms with E-state index in [1.165, 1.54) is 13.8 Å². The lowest BCUT2D eigenvalue weighted by Crippen LogP contribution is -2.12. The number of esters is 1. The van der Waals surface area contributed by atoms with Crippen LogP contribution in [0.3, 0.4) is 0 Å². The first-order chi connectivity index (χ1) is 3.66. The van der Waals surface area contributed by atoms with Crippen molar-refractivity contribution in [3.8, 4) is 0 Å². The van der Waals surface area contributed by atoms with Crippen LogP contribution < -0.4 is 0 Å². The summed E-state index contributed by atoms with van der Waals surface area (Å²) in [5, 5.41) is 0. The van der Waals surface area contributed by atoms with Crippen LogP contribution >= 0.6 is 0 Å². The molecule has 0 radical (unpaired) electrons.